The van der Waals surface area contributed by atoms with Gasteiger partial charge in [0.2, 0.25) is 5.91 Å². The number of hydrogen-bond donors (Lipinski definition) is 2. The standard InChI is InChI=1S/C9H18N2O/c10-9(12)6-7-11-8-4-2-1-3-5-8/h8,11H,1-7H2,(H2,10,12). The highest BCUT2D eigenvalue weighted by Gasteiger charge is 2.11. The highest BCUT2D eigenvalue weighted by molar-refractivity contribution is 5.73. The van der Waals surface area contributed by atoms with E-state index in [1.165, 1.54) is 32.1 Å². The zero-order valence-corrected chi connectivity index (χ0v) is 7.51. The summed E-state index contributed by atoms with van der Waals surface area (Å²) in [7, 11) is 0. The number of hydrogen-bond acceptors (Lipinski definition) is 2. The van der Waals surface area contributed by atoms with E-state index in [0.717, 1.165) is 6.54 Å². The van der Waals surface area contributed by atoms with Crippen LogP contribution in [-0.4, -0.2) is 18.5 Å². The maximum atomic E-state index is 10.4. The number of primary amides is 1. The molecule has 3 heteroatoms. The van der Waals surface area contributed by atoms with E-state index in [-0.39, 0.29) is 5.91 Å². The Kier molecular flexibility index (Phi) is 4.08. The average Bonchev–Trinajstić information content (AvgIpc) is 2.05. The third kappa shape index (κ3) is 3.72. The van der Waals surface area contributed by atoms with Crippen molar-refractivity contribution >= 4 is 5.91 Å². The smallest absolute Gasteiger partial charge is 0.218 e. The molecule has 0 saturated heterocycles. The van der Waals surface area contributed by atoms with Gasteiger partial charge >= 0.3 is 0 Å². The van der Waals surface area contributed by atoms with Crippen LogP contribution < -0.4 is 11.1 Å². The van der Waals surface area contributed by atoms with E-state index in [2.05, 4.69) is 5.32 Å². The van der Waals surface area contributed by atoms with Gasteiger partial charge in [-0.15, -0.1) is 0 Å². The van der Waals surface area contributed by atoms with Crippen LogP contribution in [0.5, 0.6) is 0 Å². The lowest BCUT2D eigenvalue weighted by molar-refractivity contribution is -0.117. The number of carbonyl (C=O) groups excluding carboxylic acids is 1. The molecule has 1 saturated carbocycles. The van der Waals surface area contributed by atoms with Crippen LogP contribution >= 0.6 is 0 Å². The molecule has 0 aromatic carbocycles. The molecule has 1 aliphatic rings. The monoisotopic (exact) mass is 170 g/mol. The molecule has 0 spiro atoms. The first-order valence-electron chi connectivity index (χ1n) is 4.81. The van der Waals surface area contributed by atoms with Gasteiger partial charge in [0.25, 0.3) is 0 Å². The van der Waals surface area contributed by atoms with Gasteiger partial charge < -0.3 is 11.1 Å². The van der Waals surface area contributed by atoms with Crippen LogP contribution in [0, 0.1) is 0 Å². The van der Waals surface area contributed by atoms with Gasteiger partial charge in [-0.05, 0) is 12.8 Å². The summed E-state index contributed by atoms with van der Waals surface area (Å²) < 4.78 is 0. The zero-order chi connectivity index (χ0) is 8.81. The van der Waals surface area contributed by atoms with Crippen molar-refractivity contribution in [3.05, 3.63) is 0 Å². The summed E-state index contributed by atoms with van der Waals surface area (Å²) in [5.41, 5.74) is 5.03. The van der Waals surface area contributed by atoms with Gasteiger partial charge in [0.1, 0.15) is 0 Å². The van der Waals surface area contributed by atoms with Crippen molar-refractivity contribution in [1.29, 1.82) is 0 Å². The maximum absolute atomic E-state index is 10.4. The molecule has 0 unspecified atom stereocenters. The minimum absolute atomic E-state index is 0.210. The highest BCUT2D eigenvalue weighted by atomic mass is 16.1. The largest absolute Gasteiger partial charge is 0.370 e. The van der Waals surface area contributed by atoms with Crippen LogP contribution in [0.25, 0.3) is 0 Å². The molecule has 0 aromatic rings. The molecule has 3 N–H and O–H groups in total. The molecule has 3 nitrogen and oxygen atoms in total. The molecule has 0 aromatic heterocycles. The summed E-state index contributed by atoms with van der Waals surface area (Å²) in [5, 5.41) is 3.35. The molecule has 0 heterocycles. The zero-order valence-electron chi connectivity index (χ0n) is 7.51. The van der Waals surface area contributed by atoms with Crippen LogP contribution in [0.2, 0.25) is 0 Å². The van der Waals surface area contributed by atoms with Crippen molar-refractivity contribution in [2.75, 3.05) is 6.54 Å². The molecule has 0 bridgehead atoms. The number of amides is 1. The van der Waals surface area contributed by atoms with Gasteiger partial charge in [0, 0.05) is 19.0 Å². The Morgan fingerprint density at radius 1 is 1.33 bits per heavy atom. The minimum Gasteiger partial charge on any atom is -0.370 e. The summed E-state index contributed by atoms with van der Waals surface area (Å²) in [6.45, 7) is 0.750. The van der Waals surface area contributed by atoms with Gasteiger partial charge in [-0.25, -0.2) is 0 Å². The predicted molar refractivity (Wildman–Crippen MR) is 48.7 cm³/mol. The van der Waals surface area contributed by atoms with E-state index in [4.69, 9.17) is 5.73 Å². The molecular weight excluding hydrogens is 152 g/mol. The van der Waals surface area contributed by atoms with Crippen molar-refractivity contribution < 1.29 is 4.79 Å². The number of rotatable bonds is 4. The molecule has 1 rings (SSSR count). The van der Waals surface area contributed by atoms with E-state index in [1.807, 2.05) is 0 Å². The molecule has 1 aliphatic carbocycles. The van der Waals surface area contributed by atoms with Crippen LogP contribution in [0.1, 0.15) is 38.5 Å². The quantitative estimate of drug-likeness (QED) is 0.655. The number of carbonyl (C=O) groups is 1. The fourth-order valence-electron chi connectivity index (χ4n) is 1.71. The molecule has 70 valence electrons. The molecule has 12 heavy (non-hydrogen) atoms. The summed E-state index contributed by atoms with van der Waals surface area (Å²) in [4.78, 5) is 10.4. The van der Waals surface area contributed by atoms with Crippen molar-refractivity contribution in [2.45, 2.75) is 44.6 Å². The van der Waals surface area contributed by atoms with Crippen LogP contribution in [0.3, 0.4) is 0 Å². The molecule has 0 atom stereocenters. The number of nitrogens with one attached hydrogen (secondary N) is 1. The average molecular weight is 170 g/mol. The first-order chi connectivity index (χ1) is 5.79. The Balaban J connectivity index is 2.01. The third-order valence-corrected chi connectivity index (χ3v) is 2.41. The molecular formula is C9H18N2O. The topological polar surface area (TPSA) is 55.1 Å². The van der Waals surface area contributed by atoms with Gasteiger partial charge in [-0.2, -0.15) is 0 Å². The normalized spacial score (nSPS) is 19.3. The predicted octanol–water partition coefficient (Wildman–Crippen LogP) is 0.784. The molecule has 0 radical (unpaired) electrons. The van der Waals surface area contributed by atoms with Crippen molar-refractivity contribution in [1.82, 2.24) is 5.32 Å². The van der Waals surface area contributed by atoms with Crippen molar-refractivity contribution in [3.63, 3.8) is 0 Å². The minimum atomic E-state index is -0.210. The summed E-state index contributed by atoms with van der Waals surface area (Å²) in [6, 6.07) is 0.637. The van der Waals surface area contributed by atoms with E-state index in [1.54, 1.807) is 0 Å². The van der Waals surface area contributed by atoms with Crippen molar-refractivity contribution in [2.24, 2.45) is 5.73 Å². The van der Waals surface area contributed by atoms with Gasteiger partial charge in [0.05, 0.1) is 0 Å². The van der Waals surface area contributed by atoms with E-state index in [9.17, 15) is 4.79 Å². The van der Waals surface area contributed by atoms with Crippen LogP contribution in [0.4, 0.5) is 0 Å². The lowest BCUT2D eigenvalue weighted by atomic mass is 9.95. The van der Waals surface area contributed by atoms with E-state index < -0.39 is 0 Å². The summed E-state index contributed by atoms with van der Waals surface area (Å²) in [6.07, 6.45) is 7.02. The fourth-order valence-corrected chi connectivity index (χ4v) is 1.71. The lowest BCUT2D eigenvalue weighted by Gasteiger charge is -2.22. The third-order valence-electron chi connectivity index (χ3n) is 2.41. The fraction of sp³-hybridized carbons (Fsp3) is 0.889. The SMILES string of the molecule is NC(=O)CCNC1CCCCC1. The Morgan fingerprint density at radius 2 is 2.00 bits per heavy atom. The first kappa shape index (κ1) is 9.52. The maximum Gasteiger partial charge on any atom is 0.218 e. The Morgan fingerprint density at radius 3 is 2.58 bits per heavy atom. The second kappa shape index (κ2) is 5.14. The van der Waals surface area contributed by atoms with E-state index in [0.29, 0.717) is 12.5 Å². The van der Waals surface area contributed by atoms with E-state index >= 15 is 0 Å². The van der Waals surface area contributed by atoms with Crippen LogP contribution in [-0.2, 0) is 4.79 Å². The lowest BCUT2D eigenvalue weighted by Crippen LogP contribution is -2.33. The summed E-state index contributed by atoms with van der Waals surface area (Å²) >= 11 is 0. The van der Waals surface area contributed by atoms with Gasteiger partial charge in [0.15, 0.2) is 0 Å². The van der Waals surface area contributed by atoms with Crippen molar-refractivity contribution in [3.8, 4) is 0 Å². The van der Waals surface area contributed by atoms with Crippen LogP contribution in [0.15, 0.2) is 0 Å². The highest BCUT2D eigenvalue weighted by Crippen LogP contribution is 2.16. The Bertz CT molecular complexity index is 141. The molecule has 1 amide bonds. The second-order valence-corrected chi connectivity index (χ2v) is 3.51. The first-order valence-corrected chi connectivity index (χ1v) is 4.81. The molecule has 0 aliphatic heterocycles. The van der Waals surface area contributed by atoms with Gasteiger partial charge in [-0.1, -0.05) is 19.3 Å². The second-order valence-electron chi connectivity index (χ2n) is 3.51. The molecule has 1 fully saturated rings. The summed E-state index contributed by atoms with van der Waals surface area (Å²) in [5.74, 6) is -0.210. The Labute approximate surface area is 73.7 Å². The van der Waals surface area contributed by atoms with Gasteiger partial charge in [-0.3, -0.25) is 4.79 Å². The Hall–Kier alpha value is -0.570. The number of nitrogens with two attached hydrogens (primary N) is 1.